The number of ether oxygens (including phenoxy) is 2. The number of phosphoric ester groups is 2. The zero-order chi connectivity index (χ0) is 66.1. The number of unbranched alkanes of at least 4 members (excludes halogenated alkanes) is 46. The molecule has 5 atom stereocenters. The molecule has 0 saturated carbocycles. The number of hydrogen-bond donors (Lipinski definition) is 5. The number of phosphoric acid groups is 2. The number of hydrogen-bond acceptors (Lipinski definition) is 13. The number of esters is 2. The molecule has 0 aliphatic rings. The smallest absolute Gasteiger partial charge is 0.463 e. The second-order valence-electron chi connectivity index (χ2n) is 25.9. The summed E-state index contributed by atoms with van der Waals surface area (Å²) in [5, 5.41) is 16.2. The van der Waals surface area contributed by atoms with Crippen molar-refractivity contribution in [2.75, 3.05) is 39.6 Å². The van der Waals surface area contributed by atoms with Gasteiger partial charge in [0.05, 0.1) is 38.5 Å². The predicted molar refractivity (Wildman–Crippen MR) is 367 cm³/mol. The van der Waals surface area contributed by atoms with Crippen LogP contribution in [0.1, 0.15) is 374 Å². The van der Waals surface area contributed by atoms with E-state index in [0.717, 1.165) is 77.0 Å². The van der Waals surface area contributed by atoms with E-state index in [2.05, 4.69) is 38.3 Å². The molecule has 0 radical (unpaired) electrons. The Hall–Kier alpha value is -1.94. The lowest BCUT2D eigenvalue weighted by molar-refractivity contribution is -0.146. The summed E-state index contributed by atoms with van der Waals surface area (Å²) in [4.78, 5) is 73.0. The SMILES string of the molecule is CCCCCCCCCCCCCCCC(=O)NC(COC(=O)CCCCCCCCCCCCCCC)COP(=O)(O)OCC(O)COP(=O)(O)OCC(COC(=O)CCCCCCCCCCCCCCC)NC(=O)CCCCCCCCCCCCC. The summed E-state index contributed by atoms with van der Waals surface area (Å²) >= 11 is 0. The average molecular weight is 1320 g/mol. The van der Waals surface area contributed by atoms with Crippen molar-refractivity contribution < 1.29 is 70.8 Å². The van der Waals surface area contributed by atoms with Crippen LogP contribution >= 0.6 is 15.6 Å². The van der Waals surface area contributed by atoms with E-state index in [9.17, 15) is 43.2 Å². The fourth-order valence-electron chi connectivity index (χ4n) is 11.1. The number of amides is 2. The van der Waals surface area contributed by atoms with E-state index in [1.165, 1.54) is 218 Å². The van der Waals surface area contributed by atoms with Gasteiger partial charge in [-0.2, -0.15) is 0 Å². The number of rotatable bonds is 72. The highest BCUT2D eigenvalue weighted by Gasteiger charge is 2.30. The fourth-order valence-corrected chi connectivity index (χ4v) is 12.7. The van der Waals surface area contributed by atoms with Gasteiger partial charge in [-0.1, -0.05) is 323 Å². The molecule has 0 aromatic carbocycles. The summed E-state index contributed by atoms with van der Waals surface area (Å²) in [6.07, 6.45) is 57.3. The van der Waals surface area contributed by atoms with Crippen molar-refractivity contribution in [3.05, 3.63) is 0 Å². The molecule has 0 bridgehead atoms. The lowest BCUT2D eigenvalue weighted by atomic mass is 10.0. The van der Waals surface area contributed by atoms with Crippen LogP contribution in [0.15, 0.2) is 0 Å². The highest BCUT2D eigenvalue weighted by Crippen LogP contribution is 2.45. The average Bonchev–Trinajstić information content (AvgIpc) is 3.57. The van der Waals surface area contributed by atoms with Crippen LogP contribution in [0.3, 0.4) is 0 Å². The van der Waals surface area contributed by atoms with Crippen LogP contribution in [0.4, 0.5) is 0 Å². The van der Waals surface area contributed by atoms with E-state index in [0.29, 0.717) is 25.7 Å². The molecule has 0 aromatic heterocycles. The number of aliphatic hydroxyl groups excluding tert-OH is 1. The van der Waals surface area contributed by atoms with Gasteiger partial charge >= 0.3 is 27.6 Å². The summed E-state index contributed by atoms with van der Waals surface area (Å²) in [7, 11) is -9.80. The van der Waals surface area contributed by atoms with Crippen molar-refractivity contribution in [1.29, 1.82) is 0 Å². The molecule has 0 aliphatic heterocycles. The Balaban J connectivity index is 5.24. The van der Waals surface area contributed by atoms with Gasteiger partial charge in [-0.05, 0) is 25.7 Å². The second kappa shape index (κ2) is 65.7. The fraction of sp³-hybridized carbons (Fsp3) is 0.944. The summed E-state index contributed by atoms with van der Waals surface area (Å²) in [5.74, 6) is -1.52. The van der Waals surface area contributed by atoms with E-state index < -0.39 is 72.2 Å². The van der Waals surface area contributed by atoms with E-state index in [-0.39, 0.29) is 50.7 Å². The molecule has 19 heteroatoms. The molecule has 17 nitrogen and oxygen atoms in total. The van der Waals surface area contributed by atoms with Crippen LogP contribution in [-0.4, -0.2) is 96.5 Å². The van der Waals surface area contributed by atoms with Crippen LogP contribution in [0, 0.1) is 0 Å². The summed E-state index contributed by atoms with van der Waals surface area (Å²) in [5.41, 5.74) is 0. The Bertz CT molecular complexity index is 1730. The molecule has 5 unspecified atom stereocenters. The summed E-state index contributed by atoms with van der Waals surface area (Å²) < 4.78 is 57.6. The molecule has 5 N–H and O–H groups in total. The highest BCUT2D eigenvalue weighted by molar-refractivity contribution is 7.47. The Morgan fingerprint density at radius 2 is 0.478 bits per heavy atom. The molecule has 0 aliphatic carbocycles. The highest BCUT2D eigenvalue weighted by atomic mass is 31.2. The van der Waals surface area contributed by atoms with Crippen molar-refractivity contribution in [3.63, 3.8) is 0 Å². The van der Waals surface area contributed by atoms with Gasteiger partial charge < -0.3 is 35.0 Å². The van der Waals surface area contributed by atoms with Gasteiger partial charge in [-0.3, -0.25) is 37.3 Å². The van der Waals surface area contributed by atoms with E-state index in [1.54, 1.807) is 0 Å². The molecule has 0 heterocycles. The lowest BCUT2D eigenvalue weighted by Crippen LogP contribution is -2.42. The van der Waals surface area contributed by atoms with E-state index in [4.69, 9.17) is 27.6 Å². The maximum absolute atomic E-state index is 13.1. The molecule has 0 fully saturated rings. The Morgan fingerprint density at radius 1 is 0.289 bits per heavy atom. The van der Waals surface area contributed by atoms with Gasteiger partial charge in [0.2, 0.25) is 11.8 Å². The molecule has 0 rings (SSSR count). The lowest BCUT2D eigenvalue weighted by Gasteiger charge is -2.22. The van der Waals surface area contributed by atoms with Gasteiger partial charge in [0.25, 0.3) is 0 Å². The van der Waals surface area contributed by atoms with Crippen molar-refractivity contribution in [1.82, 2.24) is 10.6 Å². The largest absolute Gasteiger partial charge is 0.472 e. The minimum atomic E-state index is -4.90. The van der Waals surface area contributed by atoms with Crippen molar-refractivity contribution in [3.8, 4) is 0 Å². The Kier molecular flexibility index (Phi) is 64.3. The Labute approximate surface area is 550 Å². The van der Waals surface area contributed by atoms with Gasteiger partial charge in [0.15, 0.2) is 0 Å². The van der Waals surface area contributed by atoms with E-state index >= 15 is 0 Å². The zero-order valence-corrected chi connectivity index (χ0v) is 60.1. The van der Waals surface area contributed by atoms with Crippen molar-refractivity contribution >= 4 is 39.4 Å². The predicted octanol–water partition coefficient (Wildman–Crippen LogP) is 19.8. The van der Waals surface area contributed by atoms with Crippen LogP contribution in [-0.2, 0) is 55.9 Å². The monoisotopic (exact) mass is 1320 g/mol. The van der Waals surface area contributed by atoms with Gasteiger partial charge in [0, 0.05) is 25.7 Å². The normalized spacial score (nSPS) is 14.0. The third kappa shape index (κ3) is 64.8. The topological polar surface area (TPSA) is 243 Å². The zero-order valence-electron chi connectivity index (χ0n) is 58.3. The van der Waals surface area contributed by atoms with E-state index in [1.807, 2.05) is 0 Å². The van der Waals surface area contributed by atoms with Gasteiger partial charge in [-0.25, -0.2) is 9.13 Å². The molecule has 0 aromatic rings. The van der Waals surface area contributed by atoms with Crippen LogP contribution < -0.4 is 10.6 Å². The van der Waals surface area contributed by atoms with Crippen LogP contribution in [0.2, 0.25) is 0 Å². The van der Waals surface area contributed by atoms with Crippen LogP contribution in [0.25, 0.3) is 0 Å². The first kappa shape index (κ1) is 88.1. The first-order valence-electron chi connectivity index (χ1n) is 37.5. The number of carbonyl (C=O) groups is 4. The number of carbonyl (C=O) groups excluding carboxylic acids is 4. The molecular formula is C71H140N2O15P2. The van der Waals surface area contributed by atoms with Crippen molar-refractivity contribution in [2.45, 2.75) is 393 Å². The first-order valence-corrected chi connectivity index (χ1v) is 40.5. The maximum atomic E-state index is 13.1. The second-order valence-corrected chi connectivity index (χ2v) is 28.8. The molecule has 534 valence electrons. The molecular weight excluding hydrogens is 1180 g/mol. The van der Waals surface area contributed by atoms with Crippen molar-refractivity contribution in [2.24, 2.45) is 0 Å². The van der Waals surface area contributed by atoms with Gasteiger partial charge in [-0.15, -0.1) is 0 Å². The molecule has 2 amide bonds. The minimum absolute atomic E-state index is 0.205. The number of nitrogens with one attached hydrogen (secondary N) is 2. The summed E-state index contributed by atoms with van der Waals surface area (Å²) in [6.45, 7) is 5.51. The number of aliphatic hydroxyl groups is 1. The first-order chi connectivity index (χ1) is 43.7. The summed E-state index contributed by atoms with van der Waals surface area (Å²) in [6, 6.07) is -1.95. The minimum Gasteiger partial charge on any atom is -0.463 e. The van der Waals surface area contributed by atoms with Gasteiger partial charge in [0.1, 0.15) is 19.3 Å². The molecule has 0 saturated heterocycles. The molecule has 0 spiro atoms. The molecule has 90 heavy (non-hydrogen) atoms. The maximum Gasteiger partial charge on any atom is 0.472 e. The third-order valence-corrected chi connectivity index (χ3v) is 18.7. The van der Waals surface area contributed by atoms with Crippen LogP contribution in [0.5, 0.6) is 0 Å². The third-order valence-electron chi connectivity index (χ3n) is 16.8. The Morgan fingerprint density at radius 3 is 0.700 bits per heavy atom. The standard InChI is InChI=1S/C71H140N2O15P2/c1-5-9-13-17-21-25-29-32-36-40-44-48-52-56-69(76)73-66(60-84-71(78)58-54-50-46-42-38-34-31-27-23-19-15-11-7-3)62-86-90(81,82)88-64-67(74)63-87-89(79,80)85-61-65(72-68(75)55-51-47-43-39-35-28-24-20-16-12-8-4)59-83-70(77)57-53-49-45-41-37-33-30-26-22-18-14-10-6-2/h65-67,74H,5-64H2,1-4H3,(H,72,75)(H,73,76)(H,79,80)(H,81,82). The quantitative estimate of drug-likeness (QED) is 0.0216.